The van der Waals surface area contributed by atoms with Crippen molar-refractivity contribution < 1.29 is 13.7 Å². The number of nitrogens with zero attached hydrogens (tertiary/aromatic N) is 4. The Hall–Kier alpha value is -2.18. The zero-order chi connectivity index (χ0) is 15.7. The van der Waals surface area contributed by atoms with Gasteiger partial charge in [-0.1, -0.05) is 19.0 Å². The zero-order valence-corrected chi connectivity index (χ0v) is 13.1. The highest BCUT2D eigenvalue weighted by molar-refractivity contribution is 5.93. The van der Waals surface area contributed by atoms with E-state index >= 15 is 0 Å². The Bertz CT molecular complexity index is 661. The van der Waals surface area contributed by atoms with Gasteiger partial charge in [-0.15, -0.1) is 0 Å². The average molecular weight is 304 g/mol. The van der Waals surface area contributed by atoms with Gasteiger partial charge in [0.2, 0.25) is 5.89 Å². The molecule has 2 aromatic rings. The Labute approximate surface area is 128 Å². The molecule has 0 aromatic carbocycles. The number of piperidine rings is 1. The molecule has 1 fully saturated rings. The monoisotopic (exact) mass is 304 g/mol. The quantitative estimate of drug-likeness (QED) is 0.866. The van der Waals surface area contributed by atoms with Gasteiger partial charge in [-0.05, 0) is 12.8 Å². The fraction of sp³-hybridized carbons (Fsp3) is 0.600. The maximum absolute atomic E-state index is 12.7. The van der Waals surface area contributed by atoms with Crippen molar-refractivity contribution >= 4 is 5.91 Å². The highest BCUT2D eigenvalue weighted by Gasteiger charge is 2.31. The molecule has 118 valence electrons. The molecule has 1 saturated heterocycles. The van der Waals surface area contributed by atoms with Gasteiger partial charge in [-0.25, -0.2) is 4.98 Å². The number of oxazole rings is 1. The molecular weight excluding hydrogens is 284 g/mol. The van der Waals surface area contributed by atoms with E-state index in [0.717, 1.165) is 19.4 Å². The number of amides is 1. The first kappa shape index (κ1) is 14.7. The van der Waals surface area contributed by atoms with Crippen molar-refractivity contribution in [2.45, 2.75) is 45.4 Å². The van der Waals surface area contributed by atoms with Gasteiger partial charge in [0.25, 0.3) is 5.91 Å². The summed E-state index contributed by atoms with van der Waals surface area (Å²) in [6.45, 7) is 7.04. The number of rotatable bonds is 3. The van der Waals surface area contributed by atoms with E-state index in [1.807, 2.05) is 18.7 Å². The Kier molecular flexibility index (Phi) is 3.96. The van der Waals surface area contributed by atoms with Crippen molar-refractivity contribution in [3.63, 3.8) is 0 Å². The zero-order valence-electron chi connectivity index (χ0n) is 13.1. The van der Waals surface area contributed by atoms with Gasteiger partial charge < -0.3 is 13.8 Å². The maximum atomic E-state index is 12.7. The largest absolute Gasteiger partial charge is 0.447 e. The molecular formula is C15H20N4O3. The highest BCUT2D eigenvalue weighted by Crippen LogP contribution is 2.27. The molecule has 1 amide bonds. The minimum atomic E-state index is -0.0811. The molecule has 0 bridgehead atoms. The summed E-state index contributed by atoms with van der Waals surface area (Å²) < 4.78 is 10.4. The van der Waals surface area contributed by atoms with Gasteiger partial charge >= 0.3 is 0 Å². The summed E-state index contributed by atoms with van der Waals surface area (Å²) in [6, 6.07) is 0. The summed E-state index contributed by atoms with van der Waals surface area (Å²) in [5.41, 5.74) is 0.417. The molecule has 1 aliphatic rings. The van der Waals surface area contributed by atoms with Crippen molar-refractivity contribution in [2.24, 2.45) is 0 Å². The molecule has 7 nitrogen and oxygen atoms in total. The van der Waals surface area contributed by atoms with Gasteiger partial charge in [-0.2, -0.15) is 4.98 Å². The normalized spacial score (nSPS) is 18.9. The number of carbonyl (C=O) groups excluding carboxylic acids is 1. The van der Waals surface area contributed by atoms with Crippen LogP contribution in [0, 0.1) is 6.92 Å². The third kappa shape index (κ3) is 2.75. The molecule has 2 aromatic heterocycles. The van der Waals surface area contributed by atoms with Gasteiger partial charge in [0, 0.05) is 31.8 Å². The summed E-state index contributed by atoms with van der Waals surface area (Å²) in [6.07, 6.45) is 3.21. The van der Waals surface area contributed by atoms with Crippen LogP contribution in [0.5, 0.6) is 0 Å². The fourth-order valence-electron chi connectivity index (χ4n) is 2.83. The SMILES string of the molecule is Cc1nc(C2CCCN(C(=O)c3ncoc3C(C)C)C2)no1. The summed E-state index contributed by atoms with van der Waals surface area (Å²) in [5.74, 6) is 2.03. The number of hydrogen-bond acceptors (Lipinski definition) is 6. The van der Waals surface area contributed by atoms with Crippen molar-refractivity contribution in [1.29, 1.82) is 0 Å². The Morgan fingerprint density at radius 1 is 1.45 bits per heavy atom. The predicted molar refractivity (Wildman–Crippen MR) is 77.5 cm³/mol. The molecule has 0 spiro atoms. The fourth-order valence-corrected chi connectivity index (χ4v) is 2.83. The highest BCUT2D eigenvalue weighted by atomic mass is 16.5. The summed E-state index contributed by atoms with van der Waals surface area (Å²) in [4.78, 5) is 22.9. The molecule has 22 heavy (non-hydrogen) atoms. The van der Waals surface area contributed by atoms with Crippen LogP contribution in [0.4, 0.5) is 0 Å². The van der Waals surface area contributed by atoms with E-state index in [0.29, 0.717) is 29.7 Å². The minimum absolute atomic E-state index is 0.0811. The van der Waals surface area contributed by atoms with E-state index in [9.17, 15) is 4.79 Å². The van der Waals surface area contributed by atoms with E-state index in [-0.39, 0.29) is 17.7 Å². The maximum Gasteiger partial charge on any atom is 0.276 e. The van der Waals surface area contributed by atoms with Crippen molar-refractivity contribution in [2.75, 3.05) is 13.1 Å². The van der Waals surface area contributed by atoms with Crippen molar-refractivity contribution in [3.8, 4) is 0 Å². The van der Waals surface area contributed by atoms with Crippen LogP contribution in [0.15, 0.2) is 15.3 Å². The predicted octanol–water partition coefficient (Wildman–Crippen LogP) is 2.51. The average Bonchev–Trinajstić information content (AvgIpc) is 3.15. The first-order chi connectivity index (χ1) is 10.6. The van der Waals surface area contributed by atoms with Crippen LogP contribution >= 0.6 is 0 Å². The first-order valence-electron chi connectivity index (χ1n) is 7.59. The topological polar surface area (TPSA) is 85.3 Å². The molecule has 3 heterocycles. The number of aryl methyl sites for hydroxylation is 1. The van der Waals surface area contributed by atoms with E-state index in [1.165, 1.54) is 6.39 Å². The van der Waals surface area contributed by atoms with Gasteiger partial charge in [0.05, 0.1) is 0 Å². The van der Waals surface area contributed by atoms with Crippen LogP contribution in [0.25, 0.3) is 0 Å². The van der Waals surface area contributed by atoms with Crippen LogP contribution in [0.3, 0.4) is 0 Å². The lowest BCUT2D eigenvalue weighted by Crippen LogP contribution is -2.40. The van der Waals surface area contributed by atoms with Gasteiger partial charge in [0.15, 0.2) is 17.9 Å². The third-order valence-electron chi connectivity index (χ3n) is 3.94. The van der Waals surface area contributed by atoms with E-state index in [1.54, 1.807) is 6.92 Å². The molecule has 0 aliphatic carbocycles. The second kappa shape index (κ2) is 5.90. The molecule has 1 atom stereocenters. The number of aromatic nitrogens is 3. The van der Waals surface area contributed by atoms with Crippen LogP contribution in [0.1, 0.15) is 66.5 Å². The Morgan fingerprint density at radius 3 is 2.95 bits per heavy atom. The number of hydrogen-bond donors (Lipinski definition) is 0. The Balaban J connectivity index is 1.77. The molecule has 1 unspecified atom stereocenters. The van der Waals surface area contributed by atoms with Crippen LogP contribution in [0.2, 0.25) is 0 Å². The Morgan fingerprint density at radius 2 is 2.27 bits per heavy atom. The number of carbonyl (C=O) groups is 1. The summed E-state index contributed by atoms with van der Waals surface area (Å²) >= 11 is 0. The first-order valence-corrected chi connectivity index (χ1v) is 7.59. The second-order valence-electron chi connectivity index (χ2n) is 5.98. The number of likely N-dealkylation sites (tertiary alicyclic amines) is 1. The smallest absolute Gasteiger partial charge is 0.276 e. The second-order valence-corrected chi connectivity index (χ2v) is 5.98. The third-order valence-corrected chi connectivity index (χ3v) is 3.94. The van der Waals surface area contributed by atoms with Crippen LogP contribution < -0.4 is 0 Å². The van der Waals surface area contributed by atoms with E-state index in [4.69, 9.17) is 8.94 Å². The molecule has 0 radical (unpaired) electrons. The minimum Gasteiger partial charge on any atom is -0.447 e. The van der Waals surface area contributed by atoms with Crippen LogP contribution in [-0.4, -0.2) is 39.0 Å². The molecule has 0 saturated carbocycles. The standard InChI is InChI=1S/C15H20N4O3/c1-9(2)13-12(16-8-21-13)15(20)19-6-4-5-11(7-19)14-17-10(3)22-18-14/h8-9,11H,4-7H2,1-3H3. The van der Waals surface area contributed by atoms with Crippen LogP contribution in [-0.2, 0) is 0 Å². The van der Waals surface area contributed by atoms with Gasteiger partial charge in [-0.3, -0.25) is 4.79 Å². The van der Waals surface area contributed by atoms with E-state index < -0.39 is 0 Å². The van der Waals surface area contributed by atoms with Gasteiger partial charge in [0.1, 0.15) is 5.76 Å². The lowest BCUT2D eigenvalue weighted by atomic mass is 9.97. The van der Waals surface area contributed by atoms with Crippen molar-refractivity contribution in [1.82, 2.24) is 20.0 Å². The summed E-state index contributed by atoms with van der Waals surface area (Å²) in [7, 11) is 0. The lowest BCUT2D eigenvalue weighted by molar-refractivity contribution is 0.0695. The molecule has 3 rings (SSSR count). The molecule has 1 aliphatic heterocycles. The molecule has 0 N–H and O–H groups in total. The van der Waals surface area contributed by atoms with Crippen molar-refractivity contribution in [3.05, 3.63) is 29.6 Å². The lowest BCUT2D eigenvalue weighted by Gasteiger charge is -2.31. The summed E-state index contributed by atoms with van der Waals surface area (Å²) in [5, 5.41) is 3.98. The van der Waals surface area contributed by atoms with E-state index in [2.05, 4.69) is 15.1 Å². The molecule has 7 heteroatoms.